The molecule has 0 radical (unpaired) electrons. The molecule has 2 heterocycles. The van der Waals surface area contributed by atoms with Crippen LogP contribution in [0.5, 0.6) is 5.75 Å². The van der Waals surface area contributed by atoms with Crippen molar-refractivity contribution >= 4 is 5.78 Å². The smallest absolute Gasteiger partial charge is 0.205 e. The lowest BCUT2D eigenvalue weighted by Gasteiger charge is -2.36. The number of carbonyl (C=O) groups is 1. The van der Waals surface area contributed by atoms with E-state index in [9.17, 15) is 10.1 Å². The van der Waals surface area contributed by atoms with E-state index in [1.807, 2.05) is 38.1 Å². The Bertz CT molecular complexity index is 1100. The van der Waals surface area contributed by atoms with Gasteiger partial charge in [0.25, 0.3) is 0 Å². The second-order valence-electron chi connectivity index (χ2n) is 7.99. The number of Topliss-reactive ketones (excluding diaryl/α,β-unsaturated/α-hetero) is 1. The van der Waals surface area contributed by atoms with Gasteiger partial charge in [-0.25, -0.2) is 4.68 Å². The molecule has 1 aromatic heterocycles. The maximum atomic E-state index is 13.0. The van der Waals surface area contributed by atoms with Crippen LogP contribution in [0.15, 0.2) is 53.3 Å². The van der Waals surface area contributed by atoms with E-state index in [1.54, 1.807) is 18.0 Å². The molecule has 8 heteroatoms. The van der Waals surface area contributed by atoms with Crippen molar-refractivity contribution in [2.24, 2.45) is 11.1 Å². The molecule has 0 spiro atoms. The molecule has 1 unspecified atom stereocenters. The van der Waals surface area contributed by atoms with Crippen molar-refractivity contribution in [3.8, 4) is 17.5 Å². The molecular weight excluding hydrogens is 370 g/mol. The maximum Gasteiger partial charge on any atom is 0.205 e. The summed E-state index contributed by atoms with van der Waals surface area (Å²) in [5.41, 5.74) is 7.64. The molecule has 0 saturated heterocycles. The minimum atomic E-state index is -0.688. The van der Waals surface area contributed by atoms with Crippen molar-refractivity contribution in [2.45, 2.75) is 32.6 Å². The molecule has 1 atom stereocenters. The minimum Gasteiger partial charge on any atom is -0.497 e. The van der Waals surface area contributed by atoms with E-state index < -0.39 is 5.92 Å². The van der Waals surface area contributed by atoms with Crippen LogP contribution in [0.1, 0.15) is 38.3 Å². The maximum absolute atomic E-state index is 13.0. The zero-order valence-corrected chi connectivity index (χ0v) is 16.5. The van der Waals surface area contributed by atoms with Gasteiger partial charge >= 0.3 is 0 Å². The molecule has 8 nitrogen and oxygen atoms in total. The van der Waals surface area contributed by atoms with Crippen LogP contribution in [0.25, 0.3) is 5.69 Å². The number of nitriles is 1. The lowest BCUT2D eigenvalue weighted by molar-refractivity contribution is -0.119. The summed E-state index contributed by atoms with van der Waals surface area (Å²) in [5.74, 6) is 0.465. The van der Waals surface area contributed by atoms with Crippen LogP contribution < -0.4 is 10.5 Å². The van der Waals surface area contributed by atoms with Crippen LogP contribution in [0.4, 0.5) is 0 Å². The van der Waals surface area contributed by atoms with E-state index in [1.165, 1.54) is 0 Å². The molecule has 2 aromatic rings. The number of methoxy groups -OCH3 is 1. The second kappa shape index (κ2) is 6.78. The van der Waals surface area contributed by atoms with Crippen LogP contribution in [0.3, 0.4) is 0 Å². The number of ketones is 1. The van der Waals surface area contributed by atoms with E-state index >= 15 is 0 Å². The quantitative estimate of drug-likeness (QED) is 0.855. The van der Waals surface area contributed by atoms with E-state index in [2.05, 4.69) is 16.4 Å². The van der Waals surface area contributed by atoms with Crippen LogP contribution in [0, 0.1) is 16.7 Å². The van der Waals surface area contributed by atoms with Gasteiger partial charge in [0.15, 0.2) is 5.78 Å². The van der Waals surface area contributed by atoms with Gasteiger partial charge in [-0.1, -0.05) is 25.1 Å². The van der Waals surface area contributed by atoms with E-state index in [0.717, 1.165) is 5.69 Å². The molecule has 2 aliphatic rings. The Labute approximate surface area is 168 Å². The summed E-state index contributed by atoms with van der Waals surface area (Å²) in [5, 5.41) is 18.1. The minimum absolute atomic E-state index is 0.0117. The zero-order valence-electron chi connectivity index (χ0n) is 16.5. The van der Waals surface area contributed by atoms with Crippen molar-refractivity contribution < 1.29 is 14.3 Å². The van der Waals surface area contributed by atoms with Crippen LogP contribution in [-0.4, -0.2) is 27.9 Å². The third kappa shape index (κ3) is 3.25. The number of benzene rings is 1. The Morgan fingerprint density at radius 1 is 1.38 bits per heavy atom. The first-order valence-corrected chi connectivity index (χ1v) is 9.23. The number of hydrogen-bond donors (Lipinski definition) is 1. The highest BCUT2D eigenvalue weighted by Gasteiger charge is 2.44. The second-order valence-corrected chi connectivity index (χ2v) is 7.99. The number of aromatic nitrogens is 3. The van der Waals surface area contributed by atoms with Gasteiger partial charge in [0.1, 0.15) is 23.2 Å². The fourth-order valence-electron chi connectivity index (χ4n) is 3.87. The van der Waals surface area contributed by atoms with Crippen LogP contribution in [-0.2, 0) is 9.53 Å². The molecule has 1 aromatic carbocycles. The summed E-state index contributed by atoms with van der Waals surface area (Å²) in [4.78, 5) is 13.0. The highest BCUT2D eigenvalue weighted by atomic mass is 16.5. The Kier molecular flexibility index (Phi) is 4.38. The summed E-state index contributed by atoms with van der Waals surface area (Å²) in [6.07, 6.45) is 2.63. The highest BCUT2D eigenvalue weighted by Crippen LogP contribution is 2.47. The average molecular weight is 391 g/mol. The van der Waals surface area contributed by atoms with Gasteiger partial charge in [0.2, 0.25) is 5.88 Å². The lowest BCUT2D eigenvalue weighted by atomic mass is 9.71. The van der Waals surface area contributed by atoms with Crippen LogP contribution >= 0.6 is 0 Å². The summed E-state index contributed by atoms with van der Waals surface area (Å²) >= 11 is 0. The molecule has 29 heavy (non-hydrogen) atoms. The van der Waals surface area contributed by atoms with E-state index in [0.29, 0.717) is 35.6 Å². The predicted octanol–water partition coefficient (Wildman–Crippen LogP) is 2.73. The summed E-state index contributed by atoms with van der Waals surface area (Å²) in [6.45, 7) is 4.01. The zero-order chi connectivity index (χ0) is 20.8. The molecule has 0 amide bonds. The van der Waals surface area contributed by atoms with Gasteiger partial charge in [-0.05, 0) is 17.5 Å². The first-order valence-electron chi connectivity index (χ1n) is 9.23. The van der Waals surface area contributed by atoms with Crippen molar-refractivity contribution in [1.29, 1.82) is 5.26 Å². The molecule has 0 fully saturated rings. The highest BCUT2D eigenvalue weighted by molar-refractivity contribution is 5.99. The first-order chi connectivity index (χ1) is 13.8. The third-order valence-electron chi connectivity index (χ3n) is 5.20. The van der Waals surface area contributed by atoms with E-state index in [-0.39, 0.29) is 22.7 Å². The lowest BCUT2D eigenvalue weighted by Crippen LogP contribution is -2.33. The van der Waals surface area contributed by atoms with Gasteiger partial charge in [-0.15, -0.1) is 5.10 Å². The van der Waals surface area contributed by atoms with Crippen molar-refractivity contribution in [1.82, 2.24) is 15.0 Å². The number of nitrogens with two attached hydrogens (primary N) is 1. The SMILES string of the molecule is COc1cccc(-n2cc(C3C(C#N)=C(N)OC4=C3C(=O)CC(C)(C)C4)nn2)c1. The number of hydrogen-bond acceptors (Lipinski definition) is 7. The molecule has 1 aliphatic carbocycles. The number of allylic oxidation sites excluding steroid dienone is 3. The standard InChI is InChI=1S/C21H21N5O3/c1-21(2)8-16(27)19-17(9-21)29-20(23)14(10-22)18(19)15-11-26(25-24-15)12-5-4-6-13(7-12)28-3/h4-7,11,18H,8-9,23H2,1-3H3. The fraction of sp³-hybridized carbons (Fsp3) is 0.333. The molecule has 2 N–H and O–H groups in total. The summed E-state index contributed by atoms with van der Waals surface area (Å²) in [7, 11) is 1.59. The molecule has 0 saturated carbocycles. The average Bonchev–Trinajstić information content (AvgIpc) is 3.16. The summed E-state index contributed by atoms with van der Waals surface area (Å²) in [6, 6.07) is 9.44. The molecular formula is C21H21N5O3. The van der Waals surface area contributed by atoms with Gasteiger partial charge < -0.3 is 15.2 Å². The molecule has 0 bridgehead atoms. The Hall–Kier alpha value is -3.60. The van der Waals surface area contributed by atoms with Gasteiger partial charge in [-0.3, -0.25) is 4.79 Å². The van der Waals surface area contributed by atoms with Gasteiger partial charge in [0.05, 0.1) is 30.6 Å². The Morgan fingerprint density at radius 3 is 2.90 bits per heavy atom. The van der Waals surface area contributed by atoms with Crippen molar-refractivity contribution in [3.05, 3.63) is 58.9 Å². The summed E-state index contributed by atoms with van der Waals surface area (Å²) < 4.78 is 12.5. The number of carbonyl (C=O) groups excluding carboxylic acids is 1. The van der Waals surface area contributed by atoms with Crippen molar-refractivity contribution in [2.75, 3.05) is 7.11 Å². The Balaban J connectivity index is 1.80. The number of nitrogens with zero attached hydrogens (tertiary/aromatic N) is 4. The normalized spacial score (nSPS) is 20.8. The molecule has 148 valence electrons. The monoisotopic (exact) mass is 391 g/mol. The fourth-order valence-corrected chi connectivity index (χ4v) is 3.87. The molecule has 1 aliphatic heterocycles. The number of rotatable bonds is 3. The topological polar surface area (TPSA) is 116 Å². The molecule has 4 rings (SSSR count). The van der Waals surface area contributed by atoms with Crippen molar-refractivity contribution in [3.63, 3.8) is 0 Å². The van der Waals surface area contributed by atoms with Gasteiger partial charge in [0, 0.05) is 24.5 Å². The third-order valence-corrected chi connectivity index (χ3v) is 5.20. The predicted molar refractivity (Wildman–Crippen MR) is 104 cm³/mol. The van der Waals surface area contributed by atoms with Crippen LogP contribution in [0.2, 0.25) is 0 Å². The largest absolute Gasteiger partial charge is 0.497 e. The Morgan fingerprint density at radius 2 is 2.17 bits per heavy atom. The van der Waals surface area contributed by atoms with E-state index in [4.69, 9.17) is 15.2 Å². The number of ether oxygens (including phenoxy) is 2. The first kappa shape index (κ1) is 18.7. The van der Waals surface area contributed by atoms with Gasteiger partial charge in [-0.2, -0.15) is 5.26 Å².